The van der Waals surface area contributed by atoms with Gasteiger partial charge in [-0.25, -0.2) is 26.3 Å². The van der Waals surface area contributed by atoms with Gasteiger partial charge >= 0.3 is 6.11 Å². The highest BCUT2D eigenvalue weighted by atomic mass is 19.3. The summed E-state index contributed by atoms with van der Waals surface area (Å²) in [5, 5.41) is 0. The number of alkyl halides is 2. The second-order valence-corrected chi connectivity index (χ2v) is 13.4. The Morgan fingerprint density at radius 1 is 0.711 bits per heavy atom. The zero-order chi connectivity index (χ0) is 32.3. The Bertz CT molecular complexity index is 1310. The number of allylic oxidation sites excluding steroid dienone is 1. The maximum Gasteiger partial charge on any atom is 0.358 e. The number of benzene rings is 2. The molecule has 0 spiro atoms. The smallest absolute Gasteiger partial charge is 0.317 e. The van der Waals surface area contributed by atoms with E-state index in [2.05, 4.69) is 0 Å². The number of hydrogen-bond donors (Lipinski definition) is 0. The predicted molar refractivity (Wildman–Crippen MR) is 158 cm³/mol. The zero-order valence-corrected chi connectivity index (χ0v) is 25.7. The van der Waals surface area contributed by atoms with Crippen LogP contribution in [0.25, 0.3) is 5.83 Å². The Kier molecular flexibility index (Phi) is 11.0. The minimum atomic E-state index is -3.26. The van der Waals surface area contributed by atoms with Gasteiger partial charge in [-0.2, -0.15) is 8.78 Å². The zero-order valence-electron chi connectivity index (χ0n) is 25.7. The van der Waals surface area contributed by atoms with Crippen LogP contribution < -0.4 is 0 Å². The lowest BCUT2D eigenvalue weighted by atomic mass is 9.68. The van der Waals surface area contributed by atoms with Crippen LogP contribution in [0.3, 0.4) is 0 Å². The molecule has 3 fully saturated rings. The van der Waals surface area contributed by atoms with Gasteiger partial charge in [0.15, 0.2) is 23.3 Å². The maximum absolute atomic E-state index is 15.2. The third-order valence-electron chi connectivity index (χ3n) is 10.6. The molecule has 0 N–H and O–H groups in total. The van der Waals surface area contributed by atoms with Gasteiger partial charge in [0.25, 0.3) is 0 Å². The van der Waals surface area contributed by atoms with Crippen molar-refractivity contribution < 1.29 is 39.9 Å². The molecule has 0 heterocycles. The van der Waals surface area contributed by atoms with Crippen LogP contribution in [0, 0.1) is 41.0 Å². The van der Waals surface area contributed by atoms with Crippen molar-refractivity contribution in [3.63, 3.8) is 0 Å². The average Bonchev–Trinajstić information content (AvgIpc) is 3.03. The molecule has 3 saturated carbocycles. The molecule has 2 aromatic carbocycles. The summed E-state index contributed by atoms with van der Waals surface area (Å²) in [6.07, 6.45) is 3.45. The van der Waals surface area contributed by atoms with E-state index in [1.54, 1.807) is 13.0 Å². The van der Waals surface area contributed by atoms with Crippen LogP contribution in [0.2, 0.25) is 0 Å². The van der Waals surface area contributed by atoms with Crippen LogP contribution >= 0.6 is 0 Å². The minimum Gasteiger partial charge on any atom is -0.317 e. The van der Waals surface area contributed by atoms with E-state index in [9.17, 15) is 26.3 Å². The summed E-state index contributed by atoms with van der Waals surface area (Å²) >= 11 is 0. The normalized spacial score (nSPS) is 28.6. The van der Waals surface area contributed by atoms with Crippen molar-refractivity contribution in [2.45, 2.75) is 121 Å². The molecule has 2 aromatic rings. The second-order valence-electron chi connectivity index (χ2n) is 13.4. The van der Waals surface area contributed by atoms with Crippen molar-refractivity contribution in [3.05, 3.63) is 76.1 Å². The van der Waals surface area contributed by atoms with Gasteiger partial charge in [0.05, 0.1) is 12.0 Å². The molecule has 0 aromatic heterocycles. The van der Waals surface area contributed by atoms with Crippen molar-refractivity contribution in [1.29, 1.82) is 0 Å². The predicted octanol–water partition coefficient (Wildman–Crippen LogP) is 12.1. The highest BCUT2D eigenvalue weighted by Crippen LogP contribution is 2.48. The van der Waals surface area contributed by atoms with Gasteiger partial charge in [0.2, 0.25) is 0 Å². The quantitative estimate of drug-likeness (QED) is 0.195. The highest BCUT2D eigenvalue weighted by molar-refractivity contribution is 5.61. The van der Waals surface area contributed by atoms with Crippen LogP contribution in [-0.2, 0) is 4.74 Å². The molecule has 0 bridgehead atoms. The van der Waals surface area contributed by atoms with Crippen molar-refractivity contribution in [2.24, 2.45) is 17.8 Å². The molecule has 0 aliphatic heterocycles. The summed E-state index contributed by atoms with van der Waals surface area (Å²) < 4.78 is 120. The molecule has 45 heavy (non-hydrogen) atoms. The summed E-state index contributed by atoms with van der Waals surface area (Å²) in [5.41, 5.74) is 0.779. The largest absolute Gasteiger partial charge is 0.358 e. The fraction of sp³-hybridized carbons (Fsp3) is 0.611. The fourth-order valence-corrected chi connectivity index (χ4v) is 7.95. The van der Waals surface area contributed by atoms with Gasteiger partial charge in [-0.3, -0.25) is 0 Å². The van der Waals surface area contributed by atoms with Crippen LogP contribution in [0.5, 0.6) is 0 Å². The minimum absolute atomic E-state index is 0.00639. The summed E-state index contributed by atoms with van der Waals surface area (Å²) in [6.45, 7) is 1.74. The van der Waals surface area contributed by atoms with E-state index in [4.69, 9.17) is 4.74 Å². The molecule has 5 rings (SSSR count). The van der Waals surface area contributed by atoms with Gasteiger partial charge in [-0.15, -0.1) is 0 Å². The molecule has 9 heteroatoms. The Morgan fingerprint density at radius 2 is 1.27 bits per heavy atom. The Labute approximate surface area is 260 Å². The monoisotopic (exact) mass is 642 g/mol. The van der Waals surface area contributed by atoms with E-state index < -0.39 is 53.1 Å². The SMILES string of the molecule is CCCC(F)=C(F)c1ccc(C2CCC(C3CCC(C(F)(F)OC4CCC(c5cc(F)c(F)c(F)c5)CC4)CC3)CC2)c(F)c1. The first kappa shape index (κ1) is 33.9. The highest BCUT2D eigenvalue weighted by Gasteiger charge is 2.46. The van der Waals surface area contributed by atoms with Gasteiger partial charge in [0, 0.05) is 12.0 Å². The summed E-state index contributed by atoms with van der Waals surface area (Å²) in [7, 11) is 0. The standard InChI is InChI=1S/C36H42F8O/c1-2-3-30(37)34(41)25-12-17-29(31(38)18-25)24-6-4-21(5-7-24)22-8-13-27(14-9-22)36(43,44)45-28-15-10-23(11-16-28)26-19-32(39)35(42)33(40)20-26/h12,17-24,27-28H,2-11,13-16H2,1H3. The lowest BCUT2D eigenvalue weighted by Crippen LogP contribution is -2.39. The first-order valence-corrected chi connectivity index (χ1v) is 16.5. The van der Waals surface area contributed by atoms with Crippen molar-refractivity contribution in [3.8, 4) is 0 Å². The molecule has 0 atom stereocenters. The van der Waals surface area contributed by atoms with Crippen LogP contribution in [0.1, 0.15) is 125 Å². The van der Waals surface area contributed by atoms with Gasteiger partial charge in [0.1, 0.15) is 11.6 Å². The molecule has 3 aliphatic rings. The number of rotatable bonds is 9. The number of ether oxygens (including phenoxy) is 1. The van der Waals surface area contributed by atoms with Crippen LogP contribution in [-0.4, -0.2) is 12.2 Å². The maximum atomic E-state index is 15.2. The van der Waals surface area contributed by atoms with Gasteiger partial charge in [-0.05, 0) is 136 Å². The van der Waals surface area contributed by atoms with E-state index in [-0.39, 0.29) is 23.8 Å². The average molecular weight is 643 g/mol. The van der Waals surface area contributed by atoms with Crippen molar-refractivity contribution in [1.82, 2.24) is 0 Å². The fourth-order valence-electron chi connectivity index (χ4n) is 7.95. The Morgan fingerprint density at radius 3 is 1.82 bits per heavy atom. The topological polar surface area (TPSA) is 9.23 Å². The summed E-state index contributed by atoms with van der Waals surface area (Å²) in [6, 6.07) is 6.06. The van der Waals surface area contributed by atoms with Gasteiger partial charge < -0.3 is 4.74 Å². The number of hydrogen-bond acceptors (Lipinski definition) is 1. The lowest BCUT2D eigenvalue weighted by Gasteiger charge is -2.40. The third-order valence-corrected chi connectivity index (χ3v) is 10.6. The first-order chi connectivity index (χ1) is 21.5. The van der Waals surface area contributed by atoms with Crippen molar-refractivity contribution >= 4 is 5.83 Å². The third kappa shape index (κ3) is 7.94. The molecule has 0 amide bonds. The van der Waals surface area contributed by atoms with E-state index in [0.29, 0.717) is 80.8 Å². The lowest BCUT2D eigenvalue weighted by molar-refractivity contribution is -0.301. The summed E-state index contributed by atoms with van der Waals surface area (Å²) in [5.74, 6) is -6.79. The van der Waals surface area contributed by atoms with E-state index >= 15 is 8.78 Å². The molecular formula is C36H42F8O. The van der Waals surface area contributed by atoms with Crippen LogP contribution in [0.4, 0.5) is 35.1 Å². The second kappa shape index (κ2) is 14.6. The van der Waals surface area contributed by atoms with E-state index in [1.165, 1.54) is 6.07 Å². The van der Waals surface area contributed by atoms with E-state index in [0.717, 1.165) is 43.9 Å². The molecule has 0 radical (unpaired) electrons. The molecule has 1 nitrogen and oxygen atoms in total. The first-order valence-electron chi connectivity index (χ1n) is 16.5. The number of halogens is 8. The molecule has 248 valence electrons. The van der Waals surface area contributed by atoms with Gasteiger partial charge in [-0.1, -0.05) is 19.1 Å². The van der Waals surface area contributed by atoms with Crippen molar-refractivity contribution in [2.75, 3.05) is 0 Å². The molecule has 0 saturated heterocycles. The Hall–Kier alpha value is -2.42. The summed E-state index contributed by atoms with van der Waals surface area (Å²) in [4.78, 5) is 0. The molecule has 0 unspecified atom stereocenters. The molecular weight excluding hydrogens is 600 g/mol. The van der Waals surface area contributed by atoms with E-state index in [1.807, 2.05) is 0 Å². The molecule has 3 aliphatic carbocycles. The Balaban J connectivity index is 1.07. The van der Waals surface area contributed by atoms with Crippen LogP contribution in [0.15, 0.2) is 36.2 Å².